The van der Waals surface area contributed by atoms with E-state index in [-0.39, 0.29) is 0 Å². The van der Waals surface area contributed by atoms with E-state index < -0.39 is 0 Å². The fourth-order valence-electron chi connectivity index (χ4n) is 3.34. The summed E-state index contributed by atoms with van der Waals surface area (Å²) in [6.07, 6.45) is 6.94. The zero-order valence-corrected chi connectivity index (χ0v) is 12.7. The third kappa shape index (κ3) is 3.50. The van der Waals surface area contributed by atoms with Gasteiger partial charge in [0.2, 0.25) is 0 Å². The van der Waals surface area contributed by atoms with Crippen molar-refractivity contribution in [3.05, 3.63) is 29.3 Å². The number of nitrogens with zero attached hydrogens (tertiary/aromatic N) is 1. The van der Waals surface area contributed by atoms with E-state index in [9.17, 15) is 0 Å². The maximum Gasteiger partial charge on any atom is 0.0414 e. The largest absolute Gasteiger partial charge is 0.369 e. The smallest absolute Gasteiger partial charge is 0.0414 e. The molecule has 1 saturated carbocycles. The van der Waals surface area contributed by atoms with Gasteiger partial charge in [-0.3, -0.25) is 0 Å². The average molecular weight is 260 g/mol. The third-order valence-corrected chi connectivity index (χ3v) is 4.27. The first-order valence-electron chi connectivity index (χ1n) is 7.77. The van der Waals surface area contributed by atoms with Gasteiger partial charge in [-0.05, 0) is 45.4 Å². The van der Waals surface area contributed by atoms with Crippen molar-refractivity contribution in [2.24, 2.45) is 0 Å². The molecule has 0 radical (unpaired) electrons. The Hall–Kier alpha value is -1.02. The van der Waals surface area contributed by atoms with E-state index in [2.05, 4.69) is 42.3 Å². The van der Waals surface area contributed by atoms with Gasteiger partial charge in [-0.2, -0.15) is 0 Å². The van der Waals surface area contributed by atoms with E-state index in [1.54, 1.807) is 0 Å². The number of hydrogen-bond acceptors (Lipinski definition) is 2. The Labute approximate surface area is 118 Å². The highest BCUT2D eigenvalue weighted by Gasteiger charge is 2.21. The van der Waals surface area contributed by atoms with Crippen LogP contribution in [0, 0.1) is 6.92 Å². The van der Waals surface area contributed by atoms with Gasteiger partial charge in [-0.25, -0.2) is 0 Å². The van der Waals surface area contributed by atoms with Gasteiger partial charge in [0.05, 0.1) is 0 Å². The topological polar surface area (TPSA) is 15.3 Å². The Morgan fingerprint density at radius 1 is 1.21 bits per heavy atom. The number of nitrogens with one attached hydrogen (secondary N) is 1. The molecule has 0 amide bonds. The van der Waals surface area contributed by atoms with Crippen molar-refractivity contribution in [2.75, 3.05) is 18.5 Å². The molecule has 2 rings (SSSR count). The van der Waals surface area contributed by atoms with E-state index in [4.69, 9.17) is 0 Å². The molecule has 19 heavy (non-hydrogen) atoms. The molecule has 0 unspecified atom stereocenters. The first-order valence-corrected chi connectivity index (χ1v) is 7.77. The lowest BCUT2D eigenvalue weighted by Crippen LogP contribution is -2.37. The van der Waals surface area contributed by atoms with Crippen molar-refractivity contribution in [3.63, 3.8) is 0 Å². The molecule has 0 heterocycles. The normalized spacial score (nSPS) is 16.6. The summed E-state index contributed by atoms with van der Waals surface area (Å²) >= 11 is 0. The van der Waals surface area contributed by atoms with Crippen molar-refractivity contribution in [1.29, 1.82) is 0 Å². The van der Waals surface area contributed by atoms with Crippen LogP contribution in [0.5, 0.6) is 0 Å². The molecule has 1 aromatic rings. The second-order valence-corrected chi connectivity index (χ2v) is 5.74. The number of hydrogen-bond donors (Lipinski definition) is 1. The van der Waals surface area contributed by atoms with Crippen molar-refractivity contribution in [2.45, 2.75) is 58.5 Å². The average Bonchev–Trinajstić information content (AvgIpc) is 2.43. The van der Waals surface area contributed by atoms with Gasteiger partial charge in [-0.15, -0.1) is 0 Å². The van der Waals surface area contributed by atoms with Crippen molar-refractivity contribution >= 4 is 5.69 Å². The minimum atomic E-state index is 0.747. The van der Waals surface area contributed by atoms with Crippen LogP contribution in [0.1, 0.15) is 50.2 Å². The highest BCUT2D eigenvalue weighted by Crippen LogP contribution is 2.30. The molecule has 0 atom stereocenters. The summed E-state index contributed by atoms with van der Waals surface area (Å²) in [4.78, 5) is 2.63. The molecule has 1 N–H and O–H groups in total. The van der Waals surface area contributed by atoms with Crippen LogP contribution in [0.2, 0.25) is 0 Å². The lowest BCUT2D eigenvalue weighted by atomic mass is 9.93. The highest BCUT2D eigenvalue weighted by molar-refractivity contribution is 5.55. The van der Waals surface area contributed by atoms with Gasteiger partial charge >= 0.3 is 0 Å². The molecule has 1 fully saturated rings. The quantitative estimate of drug-likeness (QED) is 0.864. The Bertz CT molecular complexity index is 394. The Morgan fingerprint density at radius 2 is 1.95 bits per heavy atom. The van der Waals surface area contributed by atoms with Crippen molar-refractivity contribution < 1.29 is 0 Å². The first-order chi connectivity index (χ1) is 9.26. The molecule has 0 aliphatic heterocycles. The van der Waals surface area contributed by atoms with Crippen LogP contribution in [0.4, 0.5) is 5.69 Å². The Morgan fingerprint density at radius 3 is 2.58 bits per heavy atom. The summed E-state index contributed by atoms with van der Waals surface area (Å²) in [7, 11) is 2.03. The summed E-state index contributed by atoms with van der Waals surface area (Å²) in [6, 6.07) is 7.65. The van der Waals surface area contributed by atoms with Crippen LogP contribution in [0.25, 0.3) is 0 Å². The van der Waals surface area contributed by atoms with E-state index in [0.717, 1.165) is 19.1 Å². The lowest BCUT2D eigenvalue weighted by molar-refractivity contribution is 0.417. The molecule has 1 aliphatic rings. The molecular weight excluding hydrogens is 232 g/mol. The van der Waals surface area contributed by atoms with Gasteiger partial charge in [-0.1, -0.05) is 37.0 Å². The summed E-state index contributed by atoms with van der Waals surface area (Å²) in [6.45, 7) is 6.54. The van der Waals surface area contributed by atoms with Gasteiger partial charge in [0.1, 0.15) is 0 Å². The molecule has 2 nitrogen and oxygen atoms in total. The van der Waals surface area contributed by atoms with Crippen molar-refractivity contribution in [1.82, 2.24) is 5.32 Å². The van der Waals surface area contributed by atoms with E-state index in [0.29, 0.717) is 0 Å². The zero-order valence-electron chi connectivity index (χ0n) is 12.7. The molecule has 0 bridgehead atoms. The molecule has 0 saturated heterocycles. The van der Waals surface area contributed by atoms with Crippen LogP contribution in [-0.2, 0) is 6.54 Å². The van der Waals surface area contributed by atoms with Crippen LogP contribution in [-0.4, -0.2) is 19.6 Å². The Balaban J connectivity index is 2.25. The summed E-state index contributed by atoms with van der Waals surface area (Å²) in [5.41, 5.74) is 4.23. The second kappa shape index (κ2) is 6.95. The summed E-state index contributed by atoms with van der Waals surface area (Å²) in [5, 5.41) is 3.31. The molecule has 0 aromatic heterocycles. The fraction of sp³-hybridized carbons (Fsp3) is 0.647. The number of rotatable bonds is 5. The van der Waals surface area contributed by atoms with Crippen LogP contribution >= 0.6 is 0 Å². The van der Waals surface area contributed by atoms with Gasteiger partial charge in [0, 0.05) is 24.8 Å². The van der Waals surface area contributed by atoms with E-state index >= 15 is 0 Å². The molecule has 1 aliphatic carbocycles. The van der Waals surface area contributed by atoms with Gasteiger partial charge in [0.15, 0.2) is 0 Å². The van der Waals surface area contributed by atoms with E-state index in [1.807, 2.05) is 7.05 Å². The third-order valence-electron chi connectivity index (χ3n) is 4.27. The lowest BCUT2D eigenvalue weighted by Gasteiger charge is -2.36. The summed E-state index contributed by atoms with van der Waals surface area (Å²) in [5.74, 6) is 0. The van der Waals surface area contributed by atoms with Gasteiger partial charge < -0.3 is 10.2 Å². The zero-order chi connectivity index (χ0) is 13.7. The first kappa shape index (κ1) is 14.4. The molecule has 0 spiro atoms. The minimum absolute atomic E-state index is 0.747. The van der Waals surface area contributed by atoms with E-state index in [1.165, 1.54) is 48.9 Å². The summed E-state index contributed by atoms with van der Waals surface area (Å²) < 4.78 is 0. The maximum atomic E-state index is 3.31. The van der Waals surface area contributed by atoms with Crippen LogP contribution in [0.3, 0.4) is 0 Å². The second-order valence-electron chi connectivity index (χ2n) is 5.74. The van der Waals surface area contributed by atoms with Crippen LogP contribution in [0.15, 0.2) is 18.2 Å². The standard InChI is InChI=1S/C17H28N2/c1-4-19(16-8-6-5-7-9-16)17-11-10-14(2)12-15(17)13-18-3/h10-12,16,18H,4-9,13H2,1-3H3. The monoisotopic (exact) mass is 260 g/mol. The predicted octanol–water partition coefficient (Wildman–Crippen LogP) is 3.87. The molecule has 2 heteroatoms. The molecule has 106 valence electrons. The predicted molar refractivity (Wildman–Crippen MR) is 83.8 cm³/mol. The molecular formula is C17H28N2. The number of aryl methyl sites for hydroxylation is 1. The minimum Gasteiger partial charge on any atom is -0.369 e. The fourth-order valence-corrected chi connectivity index (χ4v) is 3.34. The highest BCUT2D eigenvalue weighted by atomic mass is 15.2. The molecule has 1 aromatic carbocycles. The van der Waals surface area contributed by atoms with Crippen LogP contribution < -0.4 is 10.2 Å². The number of anilines is 1. The Kier molecular flexibility index (Phi) is 5.26. The van der Waals surface area contributed by atoms with Gasteiger partial charge in [0.25, 0.3) is 0 Å². The maximum absolute atomic E-state index is 3.31. The SMILES string of the molecule is CCN(c1ccc(C)cc1CNC)C1CCCCC1. The number of benzene rings is 1. The van der Waals surface area contributed by atoms with Crippen molar-refractivity contribution in [3.8, 4) is 0 Å².